The summed E-state index contributed by atoms with van der Waals surface area (Å²) in [6.07, 6.45) is 0. The lowest BCUT2D eigenvalue weighted by molar-refractivity contribution is 0.102. The average Bonchev–Trinajstić information content (AvgIpc) is 2.45. The van der Waals surface area contributed by atoms with Crippen molar-refractivity contribution in [1.29, 1.82) is 0 Å². The summed E-state index contributed by atoms with van der Waals surface area (Å²) in [5, 5.41) is 2.35. The van der Waals surface area contributed by atoms with Crippen molar-refractivity contribution in [3.8, 4) is 5.75 Å². The summed E-state index contributed by atoms with van der Waals surface area (Å²) >= 11 is 0. The molecule has 5 nitrogen and oxygen atoms in total. The van der Waals surface area contributed by atoms with Gasteiger partial charge in [0.05, 0.1) is 18.4 Å². The highest BCUT2D eigenvalue weighted by Crippen LogP contribution is 2.25. The van der Waals surface area contributed by atoms with Gasteiger partial charge in [0.25, 0.3) is 5.91 Å². The molecule has 0 atom stereocenters. The number of aromatic nitrogens is 1. The minimum absolute atomic E-state index is 0.00539. The Morgan fingerprint density at radius 3 is 2.76 bits per heavy atom. The molecule has 110 valence electrons. The van der Waals surface area contributed by atoms with Crippen LogP contribution in [0.3, 0.4) is 0 Å². The topological polar surface area (TPSA) is 77.2 Å². The highest BCUT2D eigenvalue weighted by molar-refractivity contribution is 6.07. The second kappa shape index (κ2) is 5.74. The minimum atomic E-state index is -0.753. The van der Waals surface area contributed by atoms with E-state index >= 15 is 0 Å². The van der Waals surface area contributed by atoms with Gasteiger partial charge in [-0.2, -0.15) is 4.39 Å². The molecule has 0 aliphatic heterocycles. The third kappa shape index (κ3) is 2.91. The fourth-order valence-electron chi connectivity index (χ4n) is 1.74. The summed E-state index contributed by atoms with van der Waals surface area (Å²) in [5.74, 6) is -2.42. The Labute approximate surface area is 119 Å². The van der Waals surface area contributed by atoms with Crippen molar-refractivity contribution in [2.75, 3.05) is 18.2 Å². The van der Waals surface area contributed by atoms with Crippen LogP contribution < -0.4 is 15.8 Å². The molecule has 3 N–H and O–H groups in total. The zero-order chi connectivity index (χ0) is 15.6. The van der Waals surface area contributed by atoms with Crippen LogP contribution in [0, 0.1) is 18.7 Å². The Hall–Kier alpha value is -2.70. The average molecular weight is 293 g/mol. The molecular formula is C14H13F2N3O2. The van der Waals surface area contributed by atoms with Gasteiger partial charge in [-0.3, -0.25) is 4.79 Å². The molecule has 0 saturated carbocycles. The van der Waals surface area contributed by atoms with Gasteiger partial charge in [-0.05, 0) is 25.1 Å². The fourth-order valence-corrected chi connectivity index (χ4v) is 1.74. The van der Waals surface area contributed by atoms with Crippen molar-refractivity contribution in [2.24, 2.45) is 0 Å². The molecule has 21 heavy (non-hydrogen) atoms. The van der Waals surface area contributed by atoms with Gasteiger partial charge in [-0.25, -0.2) is 9.37 Å². The zero-order valence-electron chi connectivity index (χ0n) is 11.4. The van der Waals surface area contributed by atoms with Gasteiger partial charge in [-0.15, -0.1) is 0 Å². The van der Waals surface area contributed by atoms with E-state index in [4.69, 9.17) is 10.5 Å². The van der Waals surface area contributed by atoms with E-state index in [1.54, 1.807) is 0 Å². The molecule has 0 fully saturated rings. The van der Waals surface area contributed by atoms with Crippen LogP contribution in [0.15, 0.2) is 24.3 Å². The first-order chi connectivity index (χ1) is 9.93. The maximum Gasteiger partial charge on any atom is 0.259 e. The Bertz CT molecular complexity index is 705. The summed E-state index contributed by atoms with van der Waals surface area (Å²) in [6.45, 7) is 1.45. The number of aryl methyl sites for hydroxylation is 1. The molecule has 1 amide bonds. The third-order valence-corrected chi connectivity index (χ3v) is 2.86. The van der Waals surface area contributed by atoms with Crippen LogP contribution in [0.4, 0.5) is 20.3 Å². The van der Waals surface area contributed by atoms with Crippen LogP contribution in [0.1, 0.15) is 15.9 Å². The van der Waals surface area contributed by atoms with E-state index in [0.717, 1.165) is 0 Å². The number of nitrogens with zero attached hydrogens (tertiary/aromatic N) is 1. The maximum atomic E-state index is 13.9. The first-order valence-electron chi connectivity index (χ1n) is 6.00. The molecule has 1 aromatic heterocycles. The number of ether oxygens (including phenoxy) is 1. The van der Waals surface area contributed by atoms with Crippen molar-refractivity contribution in [1.82, 2.24) is 4.98 Å². The van der Waals surface area contributed by atoms with Crippen LogP contribution in [0.2, 0.25) is 0 Å². The Kier molecular flexibility index (Phi) is 4.02. The molecule has 0 saturated heterocycles. The quantitative estimate of drug-likeness (QED) is 0.852. The number of rotatable bonds is 3. The first kappa shape index (κ1) is 14.7. The van der Waals surface area contributed by atoms with E-state index in [2.05, 4.69) is 10.3 Å². The number of hydrogen-bond acceptors (Lipinski definition) is 4. The summed E-state index contributed by atoms with van der Waals surface area (Å²) in [4.78, 5) is 15.5. The van der Waals surface area contributed by atoms with E-state index < -0.39 is 17.7 Å². The number of amides is 1. The number of methoxy groups -OCH3 is 1. The number of benzene rings is 1. The molecule has 1 heterocycles. The summed E-state index contributed by atoms with van der Waals surface area (Å²) < 4.78 is 32.0. The number of nitrogens with one attached hydrogen (secondary N) is 1. The standard InChI is InChI=1S/C14H13F2N3O2/c1-7-6-8(13(17)19-12(7)16)14(20)18-9-4-3-5-10(21-2)11(9)15/h3-6H,1-2H3,(H2,17,19)(H,18,20). The highest BCUT2D eigenvalue weighted by Gasteiger charge is 2.17. The molecule has 1 aromatic carbocycles. The van der Waals surface area contributed by atoms with Crippen molar-refractivity contribution in [3.63, 3.8) is 0 Å². The number of pyridine rings is 1. The highest BCUT2D eigenvalue weighted by atomic mass is 19.1. The number of carbonyl (C=O) groups is 1. The molecule has 7 heteroatoms. The largest absolute Gasteiger partial charge is 0.494 e. The van der Waals surface area contributed by atoms with E-state index in [1.165, 1.54) is 38.3 Å². The van der Waals surface area contributed by atoms with Crippen LogP contribution in [0.25, 0.3) is 0 Å². The SMILES string of the molecule is COc1cccc(NC(=O)c2cc(C)c(F)nc2N)c1F. The predicted molar refractivity (Wildman–Crippen MR) is 74.2 cm³/mol. The summed E-state index contributed by atoms with van der Waals surface area (Å²) in [6, 6.07) is 5.57. The van der Waals surface area contributed by atoms with E-state index in [0.29, 0.717) is 0 Å². The maximum absolute atomic E-state index is 13.9. The van der Waals surface area contributed by atoms with Crippen molar-refractivity contribution in [3.05, 3.63) is 47.2 Å². The lowest BCUT2D eigenvalue weighted by atomic mass is 10.1. The fraction of sp³-hybridized carbons (Fsp3) is 0.143. The molecule has 0 radical (unpaired) electrons. The van der Waals surface area contributed by atoms with E-state index in [1.807, 2.05) is 0 Å². The summed E-state index contributed by atoms with van der Waals surface area (Å²) in [5.41, 5.74) is 5.58. The second-order valence-corrected chi connectivity index (χ2v) is 4.30. The lowest BCUT2D eigenvalue weighted by Crippen LogP contribution is -2.17. The van der Waals surface area contributed by atoms with Crippen LogP contribution >= 0.6 is 0 Å². The van der Waals surface area contributed by atoms with Crippen LogP contribution in [-0.2, 0) is 0 Å². The molecule has 0 bridgehead atoms. The Balaban J connectivity index is 2.33. The smallest absolute Gasteiger partial charge is 0.259 e. The number of nitrogen functional groups attached to an aromatic ring is 1. The van der Waals surface area contributed by atoms with Crippen LogP contribution in [-0.4, -0.2) is 18.0 Å². The molecule has 2 aromatic rings. The van der Waals surface area contributed by atoms with E-state index in [9.17, 15) is 13.6 Å². The number of nitrogens with two attached hydrogens (primary N) is 1. The third-order valence-electron chi connectivity index (χ3n) is 2.86. The van der Waals surface area contributed by atoms with Crippen LogP contribution in [0.5, 0.6) is 5.75 Å². The Morgan fingerprint density at radius 2 is 2.10 bits per heavy atom. The van der Waals surface area contributed by atoms with Crippen molar-refractivity contribution < 1.29 is 18.3 Å². The van der Waals surface area contributed by atoms with Crippen molar-refractivity contribution >= 4 is 17.4 Å². The molecule has 0 aliphatic carbocycles. The molecular weight excluding hydrogens is 280 g/mol. The van der Waals surface area contributed by atoms with E-state index in [-0.39, 0.29) is 28.4 Å². The van der Waals surface area contributed by atoms with Gasteiger partial charge >= 0.3 is 0 Å². The van der Waals surface area contributed by atoms with Gasteiger partial charge < -0.3 is 15.8 Å². The Morgan fingerprint density at radius 1 is 1.38 bits per heavy atom. The summed E-state index contributed by atoms with van der Waals surface area (Å²) in [7, 11) is 1.31. The van der Waals surface area contributed by atoms with Gasteiger partial charge in [0, 0.05) is 5.56 Å². The second-order valence-electron chi connectivity index (χ2n) is 4.30. The molecule has 2 rings (SSSR count). The van der Waals surface area contributed by atoms with Gasteiger partial charge in [-0.1, -0.05) is 6.07 Å². The predicted octanol–water partition coefficient (Wildman–Crippen LogP) is 2.51. The lowest BCUT2D eigenvalue weighted by Gasteiger charge is -2.10. The number of carbonyl (C=O) groups excluding carboxylic acids is 1. The monoisotopic (exact) mass is 293 g/mol. The minimum Gasteiger partial charge on any atom is -0.494 e. The number of hydrogen-bond donors (Lipinski definition) is 2. The molecule has 0 unspecified atom stereocenters. The van der Waals surface area contributed by atoms with Crippen molar-refractivity contribution in [2.45, 2.75) is 6.92 Å². The normalized spacial score (nSPS) is 10.3. The van der Waals surface area contributed by atoms with Gasteiger partial charge in [0.2, 0.25) is 5.95 Å². The number of anilines is 2. The molecule has 0 aliphatic rings. The van der Waals surface area contributed by atoms with Gasteiger partial charge in [0.1, 0.15) is 5.82 Å². The van der Waals surface area contributed by atoms with Gasteiger partial charge in [0.15, 0.2) is 11.6 Å². The zero-order valence-corrected chi connectivity index (χ0v) is 11.4. The molecule has 0 spiro atoms. The number of halogens is 2. The first-order valence-corrected chi connectivity index (χ1v) is 6.00.